The smallest absolute Gasteiger partial charge is 0.0748 e. The van der Waals surface area contributed by atoms with E-state index >= 15 is 0 Å². The maximum atomic E-state index is 3.78. The monoisotopic (exact) mass is 300 g/mol. The molecule has 2 heterocycles. The van der Waals surface area contributed by atoms with Crippen LogP contribution in [0, 0.1) is 6.92 Å². The minimum atomic E-state index is 0.369. The minimum absolute atomic E-state index is 0.369. The molecule has 2 aromatic heterocycles. The second-order valence-electron chi connectivity index (χ2n) is 3.53. The molecule has 0 nitrogen and oxygen atoms in total. The Kier molecular flexibility index (Phi) is 3.65. The van der Waals surface area contributed by atoms with E-state index in [-0.39, 0.29) is 0 Å². The van der Waals surface area contributed by atoms with Crippen LogP contribution in [0.4, 0.5) is 0 Å². The zero-order valence-corrected chi connectivity index (χ0v) is 12.0. The van der Waals surface area contributed by atoms with Gasteiger partial charge in [-0.1, -0.05) is 22.9 Å². The van der Waals surface area contributed by atoms with Crippen molar-refractivity contribution in [3.63, 3.8) is 0 Å². The van der Waals surface area contributed by atoms with Gasteiger partial charge < -0.3 is 0 Å². The van der Waals surface area contributed by atoms with E-state index in [1.807, 2.05) is 11.3 Å². The highest BCUT2D eigenvalue weighted by Crippen LogP contribution is 2.38. The molecule has 0 aliphatic rings. The van der Waals surface area contributed by atoms with Gasteiger partial charge in [-0.15, -0.1) is 11.3 Å². The van der Waals surface area contributed by atoms with Crippen molar-refractivity contribution in [1.29, 1.82) is 0 Å². The van der Waals surface area contributed by atoms with Crippen LogP contribution < -0.4 is 0 Å². The molecule has 0 saturated heterocycles. The van der Waals surface area contributed by atoms with E-state index in [0.717, 1.165) is 6.42 Å². The summed E-state index contributed by atoms with van der Waals surface area (Å²) in [5.41, 5.74) is 2.79. The highest BCUT2D eigenvalue weighted by Gasteiger charge is 2.15. The van der Waals surface area contributed by atoms with Gasteiger partial charge in [0.05, 0.1) is 4.83 Å². The van der Waals surface area contributed by atoms with Crippen molar-refractivity contribution in [2.75, 3.05) is 0 Å². The zero-order valence-electron chi connectivity index (χ0n) is 8.79. The number of aryl methyl sites for hydroxylation is 2. The number of alkyl halides is 1. The first kappa shape index (κ1) is 11.4. The second kappa shape index (κ2) is 4.81. The Morgan fingerprint density at radius 3 is 2.67 bits per heavy atom. The molecule has 1 atom stereocenters. The molecule has 0 bridgehead atoms. The molecular formula is C12H13BrS2. The predicted molar refractivity (Wildman–Crippen MR) is 73.5 cm³/mol. The Hall–Kier alpha value is -0.120. The summed E-state index contributed by atoms with van der Waals surface area (Å²) in [6.07, 6.45) is 1.13. The summed E-state index contributed by atoms with van der Waals surface area (Å²) in [7, 11) is 0. The Bertz CT molecular complexity index is 442. The van der Waals surface area contributed by atoms with Gasteiger partial charge in [0.15, 0.2) is 0 Å². The molecule has 15 heavy (non-hydrogen) atoms. The molecular weight excluding hydrogens is 288 g/mol. The lowest BCUT2D eigenvalue weighted by molar-refractivity contribution is 1.19. The molecule has 80 valence electrons. The van der Waals surface area contributed by atoms with Gasteiger partial charge in [0.25, 0.3) is 0 Å². The molecule has 0 fully saturated rings. The van der Waals surface area contributed by atoms with Gasteiger partial charge >= 0.3 is 0 Å². The summed E-state index contributed by atoms with van der Waals surface area (Å²) in [6, 6.07) is 4.47. The number of rotatable bonds is 3. The fraction of sp³-hybridized carbons (Fsp3) is 0.333. The number of halogens is 1. The average molecular weight is 301 g/mol. The summed E-state index contributed by atoms with van der Waals surface area (Å²) in [6.45, 7) is 4.38. The summed E-state index contributed by atoms with van der Waals surface area (Å²) < 4.78 is 0. The number of thiophene rings is 2. The molecule has 0 radical (unpaired) electrons. The first-order valence-corrected chi connectivity index (χ1v) is 7.65. The van der Waals surface area contributed by atoms with Crippen LogP contribution in [-0.2, 0) is 6.42 Å². The molecule has 1 unspecified atom stereocenters. The van der Waals surface area contributed by atoms with E-state index in [1.54, 1.807) is 11.3 Å². The minimum Gasteiger partial charge on any atom is -0.152 e. The summed E-state index contributed by atoms with van der Waals surface area (Å²) in [5, 5.41) is 4.44. The lowest BCUT2D eigenvalue weighted by Gasteiger charge is -2.06. The number of hydrogen-bond acceptors (Lipinski definition) is 2. The third-order valence-corrected chi connectivity index (χ3v) is 5.91. The molecule has 2 rings (SSSR count). The Morgan fingerprint density at radius 2 is 2.13 bits per heavy atom. The van der Waals surface area contributed by atoms with Gasteiger partial charge in [0, 0.05) is 9.75 Å². The van der Waals surface area contributed by atoms with Gasteiger partial charge in [0.1, 0.15) is 0 Å². The van der Waals surface area contributed by atoms with E-state index in [0.29, 0.717) is 4.83 Å². The van der Waals surface area contributed by atoms with Crippen LogP contribution >= 0.6 is 38.6 Å². The van der Waals surface area contributed by atoms with Crippen molar-refractivity contribution in [3.8, 4) is 0 Å². The lowest BCUT2D eigenvalue weighted by atomic mass is 10.1. The summed E-state index contributed by atoms with van der Waals surface area (Å²) in [5.74, 6) is 0. The summed E-state index contributed by atoms with van der Waals surface area (Å²) >= 11 is 7.47. The largest absolute Gasteiger partial charge is 0.152 e. The normalized spacial score (nSPS) is 13.0. The van der Waals surface area contributed by atoms with Crippen LogP contribution in [0.5, 0.6) is 0 Å². The summed E-state index contributed by atoms with van der Waals surface area (Å²) in [4.78, 5) is 3.24. The van der Waals surface area contributed by atoms with Crippen molar-refractivity contribution in [3.05, 3.63) is 43.8 Å². The van der Waals surface area contributed by atoms with Crippen LogP contribution in [-0.4, -0.2) is 0 Å². The van der Waals surface area contributed by atoms with Gasteiger partial charge in [-0.2, -0.15) is 11.3 Å². The van der Waals surface area contributed by atoms with E-state index < -0.39 is 0 Å². The van der Waals surface area contributed by atoms with Crippen molar-refractivity contribution >= 4 is 38.6 Å². The highest BCUT2D eigenvalue weighted by atomic mass is 79.9. The fourth-order valence-electron chi connectivity index (χ4n) is 1.50. The third kappa shape index (κ3) is 2.35. The first-order chi connectivity index (χ1) is 7.22. The molecule has 0 spiro atoms. The van der Waals surface area contributed by atoms with E-state index in [4.69, 9.17) is 0 Å². The lowest BCUT2D eigenvalue weighted by Crippen LogP contribution is -1.88. The first-order valence-electron chi connectivity index (χ1n) is 4.97. The van der Waals surface area contributed by atoms with E-state index in [1.165, 1.54) is 20.9 Å². The van der Waals surface area contributed by atoms with Crippen LogP contribution in [0.15, 0.2) is 22.9 Å². The quantitative estimate of drug-likeness (QED) is 0.687. The maximum absolute atomic E-state index is 3.78. The average Bonchev–Trinajstić information content (AvgIpc) is 2.84. The molecule has 0 aromatic carbocycles. The van der Waals surface area contributed by atoms with Crippen molar-refractivity contribution < 1.29 is 0 Å². The Morgan fingerprint density at radius 1 is 1.33 bits per heavy atom. The molecule has 0 aliphatic carbocycles. The third-order valence-electron chi connectivity index (χ3n) is 2.45. The van der Waals surface area contributed by atoms with Gasteiger partial charge in [-0.05, 0) is 47.4 Å². The Labute approximate surface area is 107 Å². The van der Waals surface area contributed by atoms with E-state index in [2.05, 4.69) is 52.7 Å². The molecule has 2 aromatic rings. The predicted octanol–water partition coefficient (Wildman–Crippen LogP) is 5.16. The molecule has 0 N–H and O–H groups in total. The zero-order chi connectivity index (χ0) is 10.8. The van der Waals surface area contributed by atoms with Gasteiger partial charge in [0.2, 0.25) is 0 Å². The standard InChI is InChI=1S/C12H13BrS2/c1-3-9-4-5-11(15-9)12(13)10-7-14-6-8(10)2/h4-7,12H,3H2,1-2H3. The molecule has 0 amide bonds. The fourth-order valence-corrected chi connectivity index (χ4v) is 4.43. The van der Waals surface area contributed by atoms with Crippen LogP contribution in [0.25, 0.3) is 0 Å². The second-order valence-corrected chi connectivity index (χ2v) is 6.39. The van der Waals surface area contributed by atoms with Gasteiger partial charge in [-0.3, -0.25) is 0 Å². The maximum Gasteiger partial charge on any atom is 0.0748 e. The SMILES string of the molecule is CCc1ccc(C(Br)c2cscc2C)s1. The van der Waals surface area contributed by atoms with Crippen LogP contribution in [0.3, 0.4) is 0 Å². The van der Waals surface area contributed by atoms with Crippen molar-refractivity contribution in [1.82, 2.24) is 0 Å². The van der Waals surface area contributed by atoms with Crippen molar-refractivity contribution in [2.45, 2.75) is 25.1 Å². The van der Waals surface area contributed by atoms with Gasteiger partial charge in [-0.25, -0.2) is 0 Å². The van der Waals surface area contributed by atoms with Crippen LogP contribution in [0.1, 0.15) is 32.6 Å². The topological polar surface area (TPSA) is 0 Å². The van der Waals surface area contributed by atoms with Crippen molar-refractivity contribution in [2.24, 2.45) is 0 Å². The Balaban J connectivity index is 2.28. The number of hydrogen-bond donors (Lipinski definition) is 0. The molecule has 0 saturated carbocycles. The molecule has 0 aliphatic heterocycles. The highest BCUT2D eigenvalue weighted by molar-refractivity contribution is 9.09. The molecule has 3 heteroatoms. The van der Waals surface area contributed by atoms with E-state index in [9.17, 15) is 0 Å². The van der Waals surface area contributed by atoms with Crippen LogP contribution in [0.2, 0.25) is 0 Å².